The first-order valence-electron chi connectivity index (χ1n) is 14.6. The molecule has 1 N–H and O–H groups in total. The number of rotatable bonds is 9. The Morgan fingerprint density at radius 2 is 1.21 bits per heavy atom. The van der Waals surface area contributed by atoms with E-state index < -0.39 is 67.6 Å². The molecule has 0 amide bonds. The number of benzene rings is 6. The molecule has 6 rings (SSSR count). The molecule has 6 aromatic carbocycles. The third-order valence-corrected chi connectivity index (χ3v) is 10.2. The Hall–Kier alpha value is -5.31. The van der Waals surface area contributed by atoms with Crippen molar-refractivity contribution in [3.05, 3.63) is 103 Å². The van der Waals surface area contributed by atoms with Crippen LogP contribution >= 0.6 is 0 Å². The van der Waals surface area contributed by atoms with Crippen LogP contribution in [0.4, 0.5) is 34.1 Å². The van der Waals surface area contributed by atoms with Crippen LogP contribution in [0.5, 0.6) is 11.5 Å². The maximum atomic E-state index is 13.4. The van der Waals surface area contributed by atoms with Crippen LogP contribution in [0, 0.1) is 6.92 Å². The van der Waals surface area contributed by atoms with Crippen LogP contribution in [0.2, 0.25) is 0 Å². The first-order chi connectivity index (χ1) is 24.4. The van der Waals surface area contributed by atoms with Gasteiger partial charge in [0.2, 0.25) is 0 Å². The molecule has 0 heterocycles. The first-order valence-corrected chi connectivity index (χ1v) is 18.8. The van der Waals surface area contributed by atoms with Gasteiger partial charge in [-0.15, -0.1) is 5.11 Å². The Morgan fingerprint density at radius 3 is 1.87 bits per heavy atom. The maximum absolute atomic E-state index is 13.4. The molecule has 16 nitrogen and oxygen atoms in total. The summed E-state index contributed by atoms with van der Waals surface area (Å²) >= 11 is 0. The number of nitrogens with zero attached hydrogens (tertiary/aromatic N) is 4. The Balaban J connectivity index is 0.00000541. The molecule has 0 unspecified atom stereocenters. The van der Waals surface area contributed by atoms with Gasteiger partial charge in [-0.3, -0.25) is 0 Å². The minimum absolute atomic E-state index is 0. The number of fused-ring (bicyclic) bond motifs is 2. The summed E-state index contributed by atoms with van der Waals surface area (Å²) < 4.78 is 108. The fourth-order valence-electron chi connectivity index (χ4n) is 5.24. The molecule has 0 aliphatic rings. The topological polar surface area (TPSA) is 279 Å². The van der Waals surface area contributed by atoms with E-state index in [1.807, 2.05) is 6.07 Å². The first kappa shape index (κ1) is 38.9. The average molecular weight is 822 g/mol. The minimum atomic E-state index is -5.26. The quantitative estimate of drug-likeness (QED) is 0.104. The summed E-state index contributed by atoms with van der Waals surface area (Å²) in [6.07, 6.45) is 0. The monoisotopic (exact) mass is 821 g/mol. The number of nitrogens with one attached hydrogen (secondary N) is 1. The average Bonchev–Trinajstić information content (AvgIpc) is 3.06. The number of anilines is 2. The van der Waals surface area contributed by atoms with Gasteiger partial charge in [0.25, 0.3) is 0 Å². The number of hydrogen-bond acceptors (Lipinski definition) is 16. The van der Waals surface area contributed by atoms with Gasteiger partial charge in [0.1, 0.15) is 30.4 Å². The molecule has 6 aromatic rings. The van der Waals surface area contributed by atoms with E-state index in [4.69, 9.17) is 0 Å². The van der Waals surface area contributed by atoms with Crippen molar-refractivity contribution in [2.45, 2.75) is 21.6 Å². The second-order valence-electron chi connectivity index (χ2n) is 11.1. The Morgan fingerprint density at radius 1 is 0.547 bits per heavy atom. The van der Waals surface area contributed by atoms with Crippen molar-refractivity contribution in [3.8, 4) is 11.5 Å². The second-order valence-corrected chi connectivity index (χ2v) is 15.2. The second kappa shape index (κ2) is 14.6. The molecule has 53 heavy (non-hydrogen) atoms. The molecule has 0 saturated heterocycles. The van der Waals surface area contributed by atoms with Crippen LogP contribution in [0.1, 0.15) is 5.56 Å². The van der Waals surface area contributed by atoms with E-state index in [0.717, 1.165) is 48.5 Å². The zero-order valence-electron chi connectivity index (χ0n) is 26.5. The summed E-state index contributed by atoms with van der Waals surface area (Å²) in [5.41, 5.74) is -0.210. The SMILES string of the molecule is Cc1cc(N=Nc2c(S(=O)(=O)[O-])cc3cc(Nc4ccccc4)ccc3c2[O-])c([O-])cc1N=Nc1cc(S(=O)(=O)[O-])c2cccc(S(=O)(=O)[O-])c2c1.[Cu+2]. The standard InChI is InChI=1S/C33H25N5O11S3.Cu/c1-18-12-27(28(39)17-26(18)36-35-22-15-25-24(30(16-22)51(44,45)46)8-5-9-29(25)50(41,42)43)37-38-32-31(52(47,48)49)14-19-13-21(10-11-23(19)33(32)40)34-20-6-3-2-4-7-20;/h2-17,34,39-40H,1H3,(H,41,42,43)(H,44,45,46)(H,47,48,49);/q;+2/p-5. The molecule has 275 valence electrons. The molecule has 1 radical (unpaired) electrons. The number of hydrogen-bond donors (Lipinski definition) is 1. The molecule has 0 bridgehead atoms. The van der Waals surface area contributed by atoms with Gasteiger partial charge in [0, 0.05) is 22.1 Å². The molecule has 0 spiro atoms. The fraction of sp³-hybridized carbons (Fsp3) is 0.0303. The molecule has 0 aliphatic heterocycles. The summed E-state index contributed by atoms with van der Waals surface area (Å²) in [5, 5.41) is 44.1. The van der Waals surface area contributed by atoms with Crippen LogP contribution in [-0.4, -0.2) is 38.9 Å². The van der Waals surface area contributed by atoms with Gasteiger partial charge in [0.05, 0.1) is 37.4 Å². The smallest absolute Gasteiger partial charge is 0.871 e. The zero-order chi connectivity index (χ0) is 37.6. The number of azo groups is 2. The number of para-hydroxylation sites is 1. The third-order valence-electron chi connectivity index (χ3n) is 7.61. The predicted molar refractivity (Wildman–Crippen MR) is 180 cm³/mol. The maximum Gasteiger partial charge on any atom is 2.00 e. The van der Waals surface area contributed by atoms with Gasteiger partial charge in [-0.2, -0.15) is 15.3 Å². The van der Waals surface area contributed by atoms with Gasteiger partial charge in [0.15, 0.2) is 0 Å². The summed E-state index contributed by atoms with van der Waals surface area (Å²) in [6.45, 7) is 1.45. The van der Waals surface area contributed by atoms with E-state index in [-0.39, 0.29) is 55.9 Å². The molecule has 0 aliphatic carbocycles. The minimum Gasteiger partial charge on any atom is -0.871 e. The van der Waals surface area contributed by atoms with E-state index in [2.05, 4.69) is 25.8 Å². The van der Waals surface area contributed by atoms with E-state index in [1.165, 1.54) is 19.1 Å². The van der Waals surface area contributed by atoms with Crippen molar-refractivity contribution in [1.29, 1.82) is 0 Å². The summed E-state index contributed by atoms with van der Waals surface area (Å²) in [5.74, 6) is -1.78. The van der Waals surface area contributed by atoms with Crippen LogP contribution in [0.3, 0.4) is 0 Å². The number of aryl methyl sites for hydroxylation is 1. The zero-order valence-corrected chi connectivity index (χ0v) is 29.9. The Kier molecular flexibility index (Phi) is 10.7. The molecule has 0 fully saturated rings. The van der Waals surface area contributed by atoms with Crippen molar-refractivity contribution in [2.24, 2.45) is 20.5 Å². The van der Waals surface area contributed by atoms with Crippen LogP contribution in [0.15, 0.2) is 132 Å². The summed E-state index contributed by atoms with van der Waals surface area (Å²) in [4.78, 5) is -2.62. The van der Waals surface area contributed by atoms with Gasteiger partial charge in [-0.1, -0.05) is 47.9 Å². The van der Waals surface area contributed by atoms with Crippen molar-refractivity contribution >= 4 is 86.0 Å². The molecule has 0 atom stereocenters. The van der Waals surface area contributed by atoms with Gasteiger partial charge < -0.3 is 29.2 Å². The molecular formula is C33H20CuN5O11S3-3. The van der Waals surface area contributed by atoms with Crippen LogP contribution < -0.4 is 15.5 Å². The summed E-state index contributed by atoms with van der Waals surface area (Å²) in [7, 11) is -15.6. The Bertz CT molecular complexity index is 2840. The third kappa shape index (κ3) is 8.35. The van der Waals surface area contributed by atoms with Crippen molar-refractivity contribution in [2.75, 3.05) is 5.32 Å². The fourth-order valence-corrected chi connectivity index (χ4v) is 7.28. The van der Waals surface area contributed by atoms with Crippen LogP contribution in [0.25, 0.3) is 21.5 Å². The van der Waals surface area contributed by atoms with Crippen molar-refractivity contribution < 1.29 is 66.2 Å². The molecule has 20 heteroatoms. The molecular weight excluding hydrogens is 802 g/mol. The van der Waals surface area contributed by atoms with E-state index in [1.54, 1.807) is 30.3 Å². The van der Waals surface area contributed by atoms with E-state index in [9.17, 15) is 49.1 Å². The Labute approximate surface area is 312 Å². The van der Waals surface area contributed by atoms with Gasteiger partial charge in [-0.05, 0) is 83.9 Å². The van der Waals surface area contributed by atoms with Crippen molar-refractivity contribution in [1.82, 2.24) is 0 Å². The van der Waals surface area contributed by atoms with Gasteiger partial charge >= 0.3 is 17.1 Å². The summed E-state index contributed by atoms with van der Waals surface area (Å²) in [6, 6.07) is 21.5. The van der Waals surface area contributed by atoms with E-state index in [0.29, 0.717) is 11.4 Å². The van der Waals surface area contributed by atoms with E-state index >= 15 is 0 Å². The van der Waals surface area contributed by atoms with Gasteiger partial charge in [-0.25, -0.2) is 25.3 Å². The van der Waals surface area contributed by atoms with Crippen LogP contribution in [-0.2, 0) is 47.4 Å². The van der Waals surface area contributed by atoms with Crippen molar-refractivity contribution in [3.63, 3.8) is 0 Å². The largest absolute Gasteiger partial charge is 2.00 e. The normalized spacial score (nSPS) is 12.5. The molecule has 0 aromatic heterocycles. The predicted octanol–water partition coefficient (Wildman–Crippen LogP) is 5.73. The molecule has 0 saturated carbocycles.